The third kappa shape index (κ3) is 5.73. The van der Waals surface area contributed by atoms with E-state index < -0.39 is 5.41 Å². The third-order valence-electron chi connectivity index (χ3n) is 6.70. The van der Waals surface area contributed by atoms with Gasteiger partial charge in [0.05, 0.1) is 18.6 Å². The van der Waals surface area contributed by atoms with Crippen LogP contribution >= 0.6 is 0 Å². The summed E-state index contributed by atoms with van der Waals surface area (Å²) in [6.45, 7) is 2.04. The Kier molecular flexibility index (Phi) is 8.86. The van der Waals surface area contributed by atoms with E-state index in [1.165, 1.54) is 12.0 Å². The number of hydrogen-bond donors (Lipinski definition) is 0. The standard InChI is InChI=1S/C25H36N2O6/c1-26(14-12-19-9-6-7-16-33-19)22(28)17-25(20-10-4-5-11-21(20)32-3)18-23(29)27(24(25)30)13-8-15-31-2/h4-5,10-11,19H,6-9,12-18H2,1-3H3/t19-,25+/m1/s1. The Morgan fingerprint density at radius 2 is 2.03 bits per heavy atom. The van der Waals surface area contributed by atoms with E-state index in [9.17, 15) is 14.4 Å². The zero-order valence-corrected chi connectivity index (χ0v) is 20.0. The number of carbonyl (C=O) groups is 3. The predicted molar refractivity (Wildman–Crippen MR) is 123 cm³/mol. The van der Waals surface area contributed by atoms with Gasteiger partial charge in [0.25, 0.3) is 0 Å². The Morgan fingerprint density at radius 1 is 1.24 bits per heavy atom. The van der Waals surface area contributed by atoms with E-state index in [0.29, 0.717) is 30.9 Å². The Morgan fingerprint density at radius 3 is 2.73 bits per heavy atom. The van der Waals surface area contributed by atoms with Crippen molar-refractivity contribution in [3.8, 4) is 5.75 Å². The highest BCUT2D eigenvalue weighted by molar-refractivity contribution is 6.11. The molecular formula is C25H36N2O6. The largest absolute Gasteiger partial charge is 0.496 e. The lowest BCUT2D eigenvalue weighted by atomic mass is 9.75. The van der Waals surface area contributed by atoms with Gasteiger partial charge in [0.2, 0.25) is 17.7 Å². The molecule has 2 aliphatic rings. The molecule has 182 valence electrons. The summed E-state index contributed by atoms with van der Waals surface area (Å²) in [6, 6.07) is 7.16. The van der Waals surface area contributed by atoms with Gasteiger partial charge in [0.15, 0.2) is 0 Å². The van der Waals surface area contributed by atoms with E-state index in [2.05, 4.69) is 0 Å². The number of benzene rings is 1. The number of hydrogen-bond acceptors (Lipinski definition) is 6. The molecule has 2 aliphatic heterocycles. The minimum Gasteiger partial charge on any atom is -0.496 e. The van der Waals surface area contributed by atoms with Crippen molar-refractivity contribution in [2.24, 2.45) is 0 Å². The zero-order chi connectivity index (χ0) is 23.8. The molecule has 0 radical (unpaired) electrons. The highest BCUT2D eigenvalue weighted by atomic mass is 16.5. The maximum Gasteiger partial charge on any atom is 0.241 e. The van der Waals surface area contributed by atoms with E-state index in [1.807, 2.05) is 6.07 Å². The molecule has 0 N–H and O–H groups in total. The van der Waals surface area contributed by atoms with E-state index in [4.69, 9.17) is 14.2 Å². The van der Waals surface area contributed by atoms with Crippen LogP contribution in [0.4, 0.5) is 0 Å². The van der Waals surface area contributed by atoms with E-state index in [-0.39, 0.29) is 43.2 Å². The van der Waals surface area contributed by atoms with Gasteiger partial charge in [0, 0.05) is 58.9 Å². The van der Waals surface area contributed by atoms with Crippen molar-refractivity contribution in [3.05, 3.63) is 29.8 Å². The van der Waals surface area contributed by atoms with E-state index in [0.717, 1.165) is 32.3 Å². The number of rotatable bonds is 11. The fraction of sp³-hybridized carbons (Fsp3) is 0.640. The average Bonchev–Trinajstić information content (AvgIpc) is 3.07. The Bertz CT molecular complexity index is 838. The quantitative estimate of drug-likeness (QED) is 0.373. The van der Waals surface area contributed by atoms with Gasteiger partial charge in [-0.1, -0.05) is 18.2 Å². The number of methoxy groups -OCH3 is 2. The number of carbonyl (C=O) groups excluding carboxylic acids is 3. The summed E-state index contributed by atoms with van der Waals surface area (Å²) in [5.41, 5.74) is -0.693. The molecule has 0 bridgehead atoms. The van der Waals surface area contributed by atoms with Gasteiger partial charge in [-0.15, -0.1) is 0 Å². The van der Waals surface area contributed by atoms with Crippen LogP contribution in [0.25, 0.3) is 0 Å². The predicted octanol–water partition coefficient (Wildman–Crippen LogP) is 2.54. The lowest BCUT2D eigenvalue weighted by Crippen LogP contribution is -2.43. The normalized spacial score (nSPS) is 23.1. The molecule has 2 fully saturated rings. The number of nitrogens with zero attached hydrogens (tertiary/aromatic N) is 2. The van der Waals surface area contributed by atoms with Crippen molar-refractivity contribution in [2.75, 3.05) is 47.6 Å². The molecule has 2 atom stereocenters. The van der Waals surface area contributed by atoms with Crippen LogP contribution in [0.2, 0.25) is 0 Å². The van der Waals surface area contributed by atoms with Crippen LogP contribution in [0.3, 0.4) is 0 Å². The summed E-state index contributed by atoms with van der Waals surface area (Å²) in [6.07, 6.45) is 4.59. The third-order valence-corrected chi connectivity index (χ3v) is 6.70. The number of likely N-dealkylation sites (tertiary alicyclic amines) is 1. The van der Waals surface area contributed by atoms with Crippen molar-refractivity contribution >= 4 is 17.7 Å². The molecule has 2 saturated heterocycles. The van der Waals surface area contributed by atoms with Crippen molar-refractivity contribution in [3.63, 3.8) is 0 Å². The fourth-order valence-corrected chi connectivity index (χ4v) is 4.77. The van der Waals surface area contributed by atoms with Crippen molar-refractivity contribution in [1.29, 1.82) is 0 Å². The second-order valence-electron chi connectivity index (χ2n) is 8.93. The zero-order valence-electron chi connectivity index (χ0n) is 20.0. The smallest absolute Gasteiger partial charge is 0.241 e. The number of imide groups is 1. The second kappa shape index (κ2) is 11.6. The summed E-state index contributed by atoms with van der Waals surface area (Å²) in [7, 11) is 4.86. The first-order chi connectivity index (χ1) is 15.9. The average molecular weight is 461 g/mol. The van der Waals surface area contributed by atoms with Crippen LogP contribution in [0.15, 0.2) is 24.3 Å². The van der Waals surface area contributed by atoms with E-state index in [1.54, 1.807) is 37.3 Å². The Balaban J connectivity index is 1.81. The molecule has 2 heterocycles. The van der Waals surface area contributed by atoms with E-state index >= 15 is 0 Å². The molecule has 1 aromatic rings. The lowest BCUT2D eigenvalue weighted by molar-refractivity contribution is -0.142. The molecule has 8 heteroatoms. The SMILES string of the molecule is COCCCN1C(=O)C[C@@](CC(=O)N(C)CC[C@H]2CCCCO2)(c2ccccc2OC)C1=O. The van der Waals surface area contributed by atoms with Gasteiger partial charge in [-0.2, -0.15) is 0 Å². The number of amides is 3. The topological polar surface area (TPSA) is 85.4 Å². The molecule has 0 spiro atoms. The molecule has 0 aromatic heterocycles. The first-order valence-electron chi connectivity index (χ1n) is 11.8. The molecule has 1 aromatic carbocycles. The monoisotopic (exact) mass is 460 g/mol. The van der Waals surface area contributed by atoms with Crippen molar-refractivity contribution in [2.45, 2.75) is 56.5 Å². The summed E-state index contributed by atoms with van der Waals surface area (Å²) in [5.74, 6) is -0.279. The van der Waals surface area contributed by atoms with Gasteiger partial charge >= 0.3 is 0 Å². The van der Waals surface area contributed by atoms with Crippen LogP contribution in [-0.4, -0.2) is 81.2 Å². The molecule has 0 aliphatic carbocycles. The molecular weight excluding hydrogens is 424 g/mol. The van der Waals surface area contributed by atoms with Gasteiger partial charge < -0.3 is 19.1 Å². The molecule has 3 amide bonds. The van der Waals surface area contributed by atoms with Crippen LogP contribution in [-0.2, 0) is 29.3 Å². The van der Waals surface area contributed by atoms with Crippen LogP contribution in [0.1, 0.15) is 50.5 Å². The van der Waals surface area contributed by atoms with Crippen molar-refractivity contribution in [1.82, 2.24) is 9.80 Å². The molecule has 3 rings (SSSR count). The summed E-state index contributed by atoms with van der Waals surface area (Å²) < 4.78 is 16.4. The maximum absolute atomic E-state index is 13.7. The first-order valence-corrected chi connectivity index (χ1v) is 11.8. The number of ether oxygens (including phenoxy) is 3. The summed E-state index contributed by atoms with van der Waals surface area (Å²) in [5, 5.41) is 0. The highest BCUT2D eigenvalue weighted by Crippen LogP contribution is 2.44. The minimum absolute atomic E-state index is 0.0511. The van der Waals surface area contributed by atoms with Crippen LogP contribution < -0.4 is 4.74 Å². The Hall–Kier alpha value is -2.45. The van der Waals surface area contributed by atoms with Gasteiger partial charge in [-0.3, -0.25) is 19.3 Å². The maximum atomic E-state index is 13.7. The molecule has 8 nitrogen and oxygen atoms in total. The molecule has 33 heavy (non-hydrogen) atoms. The summed E-state index contributed by atoms with van der Waals surface area (Å²) >= 11 is 0. The lowest BCUT2D eigenvalue weighted by Gasteiger charge is -2.31. The van der Waals surface area contributed by atoms with Gasteiger partial charge in [-0.05, 0) is 38.2 Å². The highest BCUT2D eigenvalue weighted by Gasteiger charge is 2.55. The molecule has 0 unspecified atom stereocenters. The van der Waals surface area contributed by atoms with Crippen LogP contribution in [0.5, 0.6) is 5.75 Å². The Labute approximate surface area is 196 Å². The molecule has 0 saturated carbocycles. The number of para-hydroxylation sites is 1. The fourth-order valence-electron chi connectivity index (χ4n) is 4.77. The van der Waals surface area contributed by atoms with Gasteiger partial charge in [-0.25, -0.2) is 0 Å². The van der Waals surface area contributed by atoms with Gasteiger partial charge in [0.1, 0.15) is 5.75 Å². The van der Waals surface area contributed by atoms with Crippen LogP contribution in [0, 0.1) is 0 Å². The first kappa shape index (κ1) is 25.2. The van der Waals surface area contributed by atoms with Crippen molar-refractivity contribution < 1.29 is 28.6 Å². The summed E-state index contributed by atoms with van der Waals surface area (Å²) in [4.78, 5) is 42.9. The minimum atomic E-state index is -1.27. The second-order valence-corrected chi connectivity index (χ2v) is 8.93.